The van der Waals surface area contributed by atoms with Crippen molar-refractivity contribution >= 4 is 17.1 Å². The van der Waals surface area contributed by atoms with Gasteiger partial charge in [0, 0.05) is 6.04 Å². The van der Waals surface area contributed by atoms with Crippen molar-refractivity contribution in [1.29, 1.82) is 0 Å². The number of hydrogen-bond donors (Lipinski definition) is 1. The maximum atomic E-state index is 5.69. The van der Waals surface area contributed by atoms with Crippen LogP contribution >= 0.6 is 0 Å². The van der Waals surface area contributed by atoms with E-state index in [4.69, 9.17) is 4.42 Å². The molecule has 3 nitrogen and oxygen atoms in total. The fourth-order valence-corrected chi connectivity index (χ4v) is 2.66. The molecule has 1 N–H and O–H groups in total. The van der Waals surface area contributed by atoms with Gasteiger partial charge in [-0.05, 0) is 36.8 Å². The maximum absolute atomic E-state index is 5.69. The molecule has 1 aromatic carbocycles. The molecule has 3 rings (SSSR count). The third kappa shape index (κ3) is 1.90. The average Bonchev–Trinajstić information content (AvgIpc) is 2.87. The normalized spacial score (nSPS) is 28.7. The van der Waals surface area contributed by atoms with Gasteiger partial charge in [-0.3, -0.25) is 0 Å². The molecule has 1 saturated carbocycles. The molecule has 3 heteroatoms. The molecule has 1 aliphatic carbocycles. The van der Waals surface area contributed by atoms with Gasteiger partial charge < -0.3 is 9.73 Å². The topological polar surface area (TPSA) is 38.1 Å². The van der Waals surface area contributed by atoms with E-state index in [0.717, 1.165) is 17.0 Å². The lowest BCUT2D eigenvalue weighted by Crippen LogP contribution is -2.24. The minimum atomic E-state index is 0.498. The monoisotopic (exact) mass is 230 g/mol. The Morgan fingerprint density at radius 1 is 1.24 bits per heavy atom. The highest BCUT2D eigenvalue weighted by molar-refractivity contribution is 5.74. The van der Waals surface area contributed by atoms with Crippen LogP contribution in [0, 0.1) is 11.8 Å². The quantitative estimate of drug-likeness (QED) is 0.855. The molecule has 1 heterocycles. The van der Waals surface area contributed by atoms with Crippen LogP contribution in [0.5, 0.6) is 0 Å². The summed E-state index contributed by atoms with van der Waals surface area (Å²) in [5, 5.41) is 3.43. The zero-order valence-electron chi connectivity index (χ0n) is 10.3. The van der Waals surface area contributed by atoms with Gasteiger partial charge in [0.15, 0.2) is 5.58 Å². The molecule has 3 atom stereocenters. The summed E-state index contributed by atoms with van der Waals surface area (Å²) in [6.07, 6.45) is 2.50. The first kappa shape index (κ1) is 10.6. The molecule has 17 heavy (non-hydrogen) atoms. The Labute approximate surface area is 101 Å². The third-order valence-corrected chi connectivity index (χ3v) is 4.07. The second-order valence-electron chi connectivity index (χ2n) is 5.15. The Hall–Kier alpha value is -1.51. The Balaban J connectivity index is 1.81. The van der Waals surface area contributed by atoms with E-state index in [1.807, 2.05) is 24.3 Å². The van der Waals surface area contributed by atoms with Crippen molar-refractivity contribution in [2.24, 2.45) is 11.8 Å². The van der Waals surface area contributed by atoms with E-state index in [-0.39, 0.29) is 0 Å². The Morgan fingerprint density at radius 2 is 2.06 bits per heavy atom. The SMILES string of the molecule is CC1CCC(Nc2nc3ccccc3o2)C1C. The number of rotatable bonds is 2. The molecule has 0 aliphatic heterocycles. The van der Waals surface area contributed by atoms with Gasteiger partial charge in [0.2, 0.25) is 0 Å². The van der Waals surface area contributed by atoms with Gasteiger partial charge >= 0.3 is 0 Å². The number of para-hydroxylation sites is 2. The molecular formula is C14H18N2O. The highest BCUT2D eigenvalue weighted by Gasteiger charge is 2.30. The molecular weight excluding hydrogens is 212 g/mol. The van der Waals surface area contributed by atoms with E-state index in [1.165, 1.54) is 12.8 Å². The Kier molecular flexibility index (Phi) is 2.54. The minimum absolute atomic E-state index is 0.498. The van der Waals surface area contributed by atoms with Crippen molar-refractivity contribution in [3.8, 4) is 0 Å². The van der Waals surface area contributed by atoms with Gasteiger partial charge in [0.05, 0.1) is 0 Å². The Bertz CT molecular complexity index is 487. The number of benzene rings is 1. The van der Waals surface area contributed by atoms with Crippen molar-refractivity contribution in [3.63, 3.8) is 0 Å². The lowest BCUT2D eigenvalue weighted by atomic mass is 9.98. The summed E-state index contributed by atoms with van der Waals surface area (Å²) < 4.78 is 5.69. The van der Waals surface area contributed by atoms with Crippen LogP contribution in [-0.4, -0.2) is 11.0 Å². The lowest BCUT2D eigenvalue weighted by molar-refractivity contribution is 0.429. The zero-order chi connectivity index (χ0) is 11.8. The van der Waals surface area contributed by atoms with E-state index in [2.05, 4.69) is 24.1 Å². The van der Waals surface area contributed by atoms with Gasteiger partial charge in [0.25, 0.3) is 6.01 Å². The second kappa shape index (κ2) is 4.06. The molecule has 0 spiro atoms. The maximum Gasteiger partial charge on any atom is 0.295 e. The second-order valence-corrected chi connectivity index (χ2v) is 5.15. The van der Waals surface area contributed by atoms with Crippen LogP contribution in [0.1, 0.15) is 26.7 Å². The first-order valence-electron chi connectivity index (χ1n) is 6.36. The average molecular weight is 230 g/mol. The van der Waals surface area contributed by atoms with E-state index in [0.29, 0.717) is 18.0 Å². The number of nitrogens with zero attached hydrogens (tertiary/aromatic N) is 1. The van der Waals surface area contributed by atoms with Gasteiger partial charge in [-0.25, -0.2) is 0 Å². The summed E-state index contributed by atoms with van der Waals surface area (Å²) in [6, 6.07) is 9.04. The number of nitrogens with one attached hydrogen (secondary N) is 1. The number of hydrogen-bond acceptors (Lipinski definition) is 3. The number of fused-ring (bicyclic) bond motifs is 1. The largest absolute Gasteiger partial charge is 0.424 e. The number of oxazole rings is 1. The summed E-state index contributed by atoms with van der Waals surface area (Å²) in [6.45, 7) is 4.62. The fourth-order valence-electron chi connectivity index (χ4n) is 2.66. The molecule has 0 bridgehead atoms. The summed E-state index contributed by atoms with van der Waals surface area (Å²) in [7, 11) is 0. The van der Waals surface area contributed by atoms with Crippen LogP contribution in [0.4, 0.5) is 6.01 Å². The number of aromatic nitrogens is 1. The van der Waals surface area contributed by atoms with Gasteiger partial charge in [-0.1, -0.05) is 26.0 Å². The van der Waals surface area contributed by atoms with Crippen molar-refractivity contribution in [3.05, 3.63) is 24.3 Å². The lowest BCUT2D eigenvalue weighted by Gasteiger charge is -2.18. The summed E-state index contributed by atoms with van der Waals surface area (Å²) >= 11 is 0. The van der Waals surface area contributed by atoms with E-state index in [1.54, 1.807) is 0 Å². The standard InChI is InChI=1S/C14H18N2O/c1-9-7-8-11(10(9)2)15-14-16-12-5-3-4-6-13(12)17-14/h3-6,9-11H,7-8H2,1-2H3,(H,15,16). The predicted molar refractivity (Wildman–Crippen MR) is 69.0 cm³/mol. The van der Waals surface area contributed by atoms with Crippen molar-refractivity contribution in [2.45, 2.75) is 32.7 Å². The van der Waals surface area contributed by atoms with E-state index < -0.39 is 0 Å². The minimum Gasteiger partial charge on any atom is -0.424 e. The zero-order valence-corrected chi connectivity index (χ0v) is 10.3. The molecule has 0 saturated heterocycles. The predicted octanol–water partition coefficient (Wildman–Crippen LogP) is 3.67. The van der Waals surface area contributed by atoms with Gasteiger partial charge in [-0.15, -0.1) is 0 Å². The van der Waals surface area contributed by atoms with Gasteiger partial charge in [0.1, 0.15) is 5.52 Å². The van der Waals surface area contributed by atoms with E-state index in [9.17, 15) is 0 Å². The fraction of sp³-hybridized carbons (Fsp3) is 0.500. The van der Waals surface area contributed by atoms with Crippen molar-refractivity contribution in [2.75, 3.05) is 5.32 Å². The smallest absolute Gasteiger partial charge is 0.295 e. The molecule has 3 unspecified atom stereocenters. The van der Waals surface area contributed by atoms with Crippen molar-refractivity contribution < 1.29 is 4.42 Å². The van der Waals surface area contributed by atoms with Crippen LogP contribution in [0.2, 0.25) is 0 Å². The number of anilines is 1. The first-order chi connectivity index (χ1) is 8.24. The third-order valence-electron chi connectivity index (χ3n) is 4.07. The van der Waals surface area contributed by atoms with Crippen molar-refractivity contribution in [1.82, 2.24) is 4.98 Å². The Morgan fingerprint density at radius 3 is 2.76 bits per heavy atom. The van der Waals surface area contributed by atoms with Crippen LogP contribution in [0.25, 0.3) is 11.1 Å². The summed E-state index contributed by atoms with van der Waals surface area (Å²) in [4.78, 5) is 4.46. The first-order valence-corrected chi connectivity index (χ1v) is 6.36. The molecule has 1 fully saturated rings. The summed E-state index contributed by atoms with van der Waals surface area (Å²) in [5.74, 6) is 1.47. The molecule has 0 radical (unpaired) electrons. The van der Waals surface area contributed by atoms with Crippen LogP contribution in [-0.2, 0) is 0 Å². The van der Waals surface area contributed by atoms with Crippen LogP contribution < -0.4 is 5.32 Å². The molecule has 2 aromatic rings. The molecule has 1 aliphatic rings. The molecule has 90 valence electrons. The molecule has 1 aromatic heterocycles. The molecule has 0 amide bonds. The highest BCUT2D eigenvalue weighted by Crippen LogP contribution is 2.33. The van der Waals surface area contributed by atoms with Crippen LogP contribution in [0.15, 0.2) is 28.7 Å². The highest BCUT2D eigenvalue weighted by atomic mass is 16.4. The van der Waals surface area contributed by atoms with E-state index >= 15 is 0 Å². The summed E-state index contributed by atoms with van der Waals surface area (Å²) in [5.41, 5.74) is 1.78. The van der Waals surface area contributed by atoms with Crippen LogP contribution in [0.3, 0.4) is 0 Å². The van der Waals surface area contributed by atoms with Gasteiger partial charge in [-0.2, -0.15) is 4.98 Å².